The van der Waals surface area contributed by atoms with Crippen LogP contribution in [-0.2, 0) is 42.3 Å². The Morgan fingerprint density at radius 3 is 0.435 bits per heavy atom. The molecule has 0 unspecified atom stereocenters. The quantitative estimate of drug-likeness (QED) is 0.113. The number of nitrogens with zero attached hydrogens (tertiary/aromatic N) is 6. The van der Waals surface area contributed by atoms with Gasteiger partial charge in [0.2, 0.25) is 0 Å². The summed E-state index contributed by atoms with van der Waals surface area (Å²) in [6.45, 7) is 0. The van der Waals surface area contributed by atoms with E-state index in [4.69, 9.17) is 0 Å². The van der Waals surface area contributed by atoms with Crippen molar-refractivity contribution in [2.75, 3.05) is 0 Å². The summed E-state index contributed by atoms with van der Waals surface area (Å²) >= 11 is 11.3. The standard InChI is InChI=1S/C96H66N6S6/c1-97-79-25-13-7-19-61(79)73-43-55(31-37-85(73)97)103-91-49-67-68(50-92(91)104-56-32-38-86-74(44-56)62-20-8-14-26-80(62)98(86)2)70-52-94(106-58-34-40-88-76(46-58)64-22-10-16-28-82(64)100(88)4)96(108-60-36-42-90-78(48-60)66-24-12-18-30-84(66)102(90)6)54-72(70)71-53-95(107-59-35-41-89-77(47-59)65-23-11-17-29-83(65)101(89)5)93(51-69(67)71)105-57-33-39-87-75(45-57)63-21-9-15-27-81(63)99(87)3/h7-54H,1-6H3. The van der Waals surface area contributed by atoms with E-state index in [1.165, 1.54) is 222 Å². The van der Waals surface area contributed by atoms with Crippen molar-refractivity contribution >= 4 is 234 Å². The van der Waals surface area contributed by atoms with Crippen LogP contribution in [0.3, 0.4) is 0 Å². The summed E-state index contributed by atoms with van der Waals surface area (Å²) in [5.74, 6) is 0. The fraction of sp³-hybridized carbons (Fsp3) is 0.0625. The van der Waals surface area contributed by atoms with Gasteiger partial charge in [-0.15, -0.1) is 0 Å². The van der Waals surface area contributed by atoms with Crippen LogP contribution >= 0.6 is 70.6 Å². The van der Waals surface area contributed by atoms with Gasteiger partial charge in [0.25, 0.3) is 0 Å². The minimum Gasteiger partial charge on any atom is -0.344 e. The maximum Gasteiger partial charge on any atom is 0.0489 e. The molecule has 0 fully saturated rings. The minimum atomic E-state index is 1.20. The smallest absolute Gasteiger partial charge is 0.0489 e. The Labute approximate surface area is 647 Å². The fourth-order valence-corrected chi connectivity index (χ4v) is 23.7. The molecule has 0 aliphatic heterocycles. The molecule has 0 radical (unpaired) electrons. The van der Waals surface area contributed by atoms with Gasteiger partial charge in [0.1, 0.15) is 0 Å². The molecule has 22 aromatic rings. The first kappa shape index (κ1) is 64.4. The summed E-state index contributed by atoms with van der Waals surface area (Å²) in [6.07, 6.45) is 0. The van der Waals surface area contributed by atoms with E-state index in [1.54, 1.807) is 0 Å². The zero-order chi connectivity index (χ0) is 71.9. The van der Waals surface area contributed by atoms with Gasteiger partial charge in [-0.1, -0.05) is 180 Å². The van der Waals surface area contributed by atoms with Crippen LogP contribution in [0.4, 0.5) is 0 Å². The SMILES string of the molecule is Cn1c2ccccc2c2cc(Sc3cc4c5cc(Sc6ccc7c(c6)c6ccccc6n7C)c(Sc6ccc7c(c6)c6ccccc6n7C)cc5c5cc(Sc6ccc7c(c6)c6ccccc6n7C)c(Sc6ccc7c(c6)c6ccccc6n7C)cc5c4cc3Sc3ccc4c(c3)c3ccccc3n4C)ccc21. The lowest BCUT2D eigenvalue weighted by Gasteiger charge is -2.20. The number of fused-ring (bicyclic) bond motifs is 24. The molecular weight excluding hydrogens is 1430 g/mol. The van der Waals surface area contributed by atoms with Crippen LogP contribution in [0.1, 0.15) is 0 Å². The Hall–Kier alpha value is -10.8. The van der Waals surface area contributed by atoms with Crippen LogP contribution in [0.15, 0.2) is 350 Å². The molecule has 0 N–H and O–H groups in total. The second kappa shape index (κ2) is 24.9. The Bertz CT molecular complexity index is 6470. The van der Waals surface area contributed by atoms with E-state index in [1.807, 2.05) is 70.6 Å². The summed E-state index contributed by atoms with van der Waals surface area (Å²) in [5.41, 5.74) is 14.7. The van der Waals surface area contributed by atoms with Gasteiger partial charge in [-0.25, -0.2) is 0 Å². The molecule has 108 heavy (non-hydrogen) atoms. The first-order chi connectivity index (χ1) is 53.0. The summed E-state index contributed by atoms with van der Waals surface area (Å²) in [5, 5.41) is 22.4. The van der Waals surface area contributed by atoms with Crippen molar-refractivity contribution in [1.82, 2.24) is 27.4 Å². The molecule has 0 aliphatic carbocycles. The maximum absolute atomic E-state index is 2.56. The van der Waals surface area contributed by atoms with Gasteiger partial charge in [-0.3, -0.25) is 0 Å². The van der Waals surface area contributed by atoms with Gasteiger partial charge in [0.15, 0.2) is 0 Å². The van der Waals surface area contributed by atoms with Gasteiger partial charge < -0.3 is 27.4 Å². The molecule has 0 amide bonds. The van der Waals surface area contributed by atoms with E-state index < -0.39 is 0 Å². The molecule has 22 rings (SSSR count). The van der Waals surface area contributed by atoms with Crippen LogP contribution in [0.5, 0.6) is 0 Å². The average molecular weight is 1500 g/mol. The van der Waals surface area contributed by atoms with E-state index in [2.05, 4.69) is 361 Å². The van der Waals surface area contributed by atoms with Crippen molar-refractivity contribution in [1.29, 1.82) is 0 Å². The third-order valence-corrected chi connectivity index (χ3v) is 29.5. The van der Waals surface area contributed by atoms with E-state index >= 15 is 0 Å². The number of aromatic nitrogens is 6. The number of para-hydroxylation sites is 6. The molecule has 0 saturated carbocycles. The maximum atomic E-state index is 2.56. The predicted octanol–water partition coefficient (Wildman–Crippen LogP) is 27.9. The summed E-state index contributed by atoms with van der Waals surface area (Å²) in [6, 6.07) is 111. The van der Waals surface area contributed by atoms with Crippen LogP contribution in [-0.4, -0.2) is 27.4 Å². The summed E-state index contributed by atoms with van der Waals surface area (Å²) in [4.78, 5) is 14.4. The number of hydrogen-bond donors (Lipinski definition) is 0. The van der Waals surface area contributed by atoms with Crippen molar-refractivity contribution < 1.29 is 0 Å². The van der Waals surface area contributed by atoms with Crippen molar-refractivity contribution in [2.45, 2.75) is 58.7 Å². The summed E-state index contributed by atoms with van der Waals surface area (Å²) in [7, 11) is 13.2. The molecular formula is C96H66N6S6. The Morgan fingerprint density at radius 1 is 0.139 bits per heavy atom. The molecule has 6 heterocycles. The highest BCUT2D eigenvalue weighted by Crippen LogP contribution is 2.53. The predicted molar refractivity (Wildman–Crippen MR) is 466 cm³/mol. The van der Waals surface area contributed by atoms with E-state index in [0.717, 1.165) is 0 Å². The highest BCUT2D eigenvalue weighted by atomic mass is 32.2. The van der Waals surface area contributed by atoms with Gasteiger partial charge in [0.05, 0.1) is 0 Å². The first-order valence-electron chi connectivity index (χ1n) is 36.4. The molecule has 0 aliphatic rings. The van der Waals surface area contributed by atoms with Crippen LogP contribution in [0.25, 0.3) is 163 Å². The van der Waals surface area contributed by atoms with Crippen molar-refractivity contribution in [3.63, 3.8) is 0 Å². The second-order valence-corrected chi connectivity index (χ2v) is 35.4. The Balaban J connectivity index is 0.825. The minimum absolute atomic E-state index is 1.20. The van der Waals surface area contributed by atoms with Crippen LogP contribution in [0, 0.1) is 0 Å². The molecule has 0 bridgehead atoms. The number of benzene rings is 16. The van der Waals surface area contributed by atoms with Crippen LogP contribution in [0.2, 0.25) is 0 Å². The lowest BCUT2D eigenvalue weighted by atomic mass is 9.94. The zero-order valence-corrected chi connectivity index (χ0v) is 64.7. The van der Waals surface area contributed by atoms with Crippen molar-refractivity contribution in [2.24, 2.45) is 42.3 Å². The molecule has 0 atom stereocenters. The third-order valence-electron chi connectivity index (χ3n) is 22.8. The van der Waals surface area contributed by atoms with Gasteiger partial charge in [-0.05, 0) is 214 Å². The van der Waals surface area contributed by atoms with E-state index in [-0.39, 0.29) is 0 Å². The van der Waals surface area contributed by atoms with Crippen molar-refractivity contribution in [3.05, 3.63) is 291 Å². The largest absolute Gasteiger partial charge is 0.344 e. The zero-order valence-electron chi connectivity index (χ0n) is 59.8. The topological polar surface area (TPSA) is 29.6 Å². The summed E-state index contributed by atoms with van der Waals surface area (Å²) < 4.78 is 14.0. The van der Waals surface area contributed by atoms with E-state index in [0.29, 0.717) is 0 Å². The lowest BCUT2D eigenvalue weighted by molar-refractivity contribution is 1.01. The normalized spacial score (nSPS) is 12.4. The van der Waals surface area contributed by atoms with Crippen molar-refractivity contribution in [3.8, 4) is 0 Å². The molecule has 516 valence electrons. The first-order valence-corrected chi connectivity index (χ1v) is 41.3. The number of aryl methyl sites for hydroxylation is 6. The van der Waals surface area contributed by atoms with Gasteiger partial charge in [0, 0.05) is 232 Å². The number of rotatable bonds is 12. The Kier molecular flexibility index (Phi) is 14.8. The molecule has 6 aromatic heterocycles. The van der Waals surface area contributed by atoms with Crippen LogP contribution < -0.4 is 0 Å². The van der Waals surface area contributed by atoms with E-state index in [9.17, 15) is 0 Å². The molecule has 12 heteroatoms. The molecule has 0 saturated heterocycles. The fourth-order valence-electron chi connectivity index (χ4n) is 17.5. The highest BCUT2D eigenvalue weighted by Gasteiger charge is 2.24. The molecule has 0 spiro atoms. The lowest BCUT2D eigenvalue weighted by Crippen LogP contribution is -1.92. The third kappa shape index (κ3) is 10.1. The highest BCUT2D eigenvalue weighted by molar-refractivity contribution is 8.03. The monoisotopic (exact) mass is 1490 g/mol. The molecule has 6 nitrogen and oxygen atoms in total. The average Bonchev–Trinajstić information content (AvgIpc) is 1.00. The Morgan fingerprint density at radius 2 is 0.278 bits per heavy atom. The van der Waals surface area contributed by atoms with Gasteiger partial charge >= 0.3 is 0 Å². The second-order valence-electron chi connectivity index (χ2n) is 28.7. The number of hydrogen-bond acceptors (Lipinski definition) is 6. The van der Waals surface area contributed by atoms with Gasteiger partial charge in [-0.2, -0.15) is 0 Å². The molecule has 16 aromatic carbocycles.